The Morgan fingerprint density at radius 2 is 1.68 bits per heavy atom. The number of carbonyl (C=O) groups is 2. The van der Waals surface area contributed by atoms with E-state index in [1.54, 1.807) is 48.5 Å². The number of nitrogens with two attached hydrogens (primary N) is 1. The second kappa shape index (κ2) is 10.9. The summed E-state index contributed by atoms with van der Waals surface area (Å²) >= 11 is 6.11. The van der Waals surface area contributed by atoms with Gasteiger partial charge in [0.2, 0.25) is 11.9 Å². The van der Waals surface area contributed by atoms with E-state index in [0.717, 1.165) is 22.5 Å². The number of hydrogen-bond acceptors (Lipinski definition) is 7. The molecule has 0 aliphatic rings. The molecular formula is C25H22ClN5O5S. The quantitative estimate of drug-likeness (QED) is 0.253. The third-order valence-electron chi connectivity index (χ3n) is 5.50. The van der Waals surface area contributed by atoms with Crippen LogP contribution in [0.4, 0.5) is 5.95 Å². The topological polar surface area (TPSA) is 164 Å². The van der Waals surface area contributed by atoms with Gasteiger partial charge < -0.3 is 16.2 Å². The van der Waals surface area contributed by atoms with E-state index >= 15 is 0 Å². The first-order chi connectivity index (χ1) is 17.6. The number of carbonyl (C=O) groups excluding carboxylic acids is 2. The Morgan fingerprint density at radius 1 is 1.00 bits per heavy atom. The summed E-state index contributed by atoms with van der Waals surface area (Å²) in [5.74, 6) is -2.28. The number of fused-ring (bicyclic) bond motifs is 1. The van der Waals surface area contributed by atoms with E-state index in [9.17, 15) is 23.1 Å². The largest absolute Gasteiger partial charge is 0.381 e. The van der Waals surface area contributed by atoms with E-state index in [4.69, 9.17) is 17.3 Å². The molecule has 190 valence electrons. The number of nitrogens with zero attached hydrogens (tertiary/aromatic N) is 2. The Balaban J connectivity index is 1.57. The molecule has 1 aromatic heterocycles. The number of aliphatic hydroxyl groups is 1. The van der Waals surface area contributed by atoms with Crippen LogP contribution in [0.3, 0.4) is 0 Å². The number of nitrogens with one attached hydrogen (secondary N) is 2. The van der Waals surface area contributed by atoms with Crippen molar-refractivity contribution < 1.29 is 23.1 Å². The zero-order chi connectivity index (χ0) is 26.6. The number of amides is 2. The Labute approximate surface area is 217 Å². The van der Waals surface area contributed by atoms with Crippen LogP contribution >= 0.6 is 11.6 Å². The minimum absolute atomic E-state index is 0.0248. The van der Waals surface area contributed by atoms with Crippen LogP contribution in [0.25, 0.3) is 10.8 Å². The van der Waals surface area contributed by atoms with Gasteiger partial charge in [-0.05, 0) is 34.9 Å². The zero-order valence-electron chi connectivity index (χ0n) is 19.2. The van der Waals surface area contributed by atoms with Crippen molar-refractivity contribution in [3.63, 3.8) is 0 Å². The lowest BCUT2D eigenvalue weighted by molar-refractivity contribution is -0.127. The van der Waals surface area contributed by atoms with Gasteiger partial charge in [-0.3, -0.25) is 9.59 Å². The highest BCUT2D eigenvalue weighted by Crippen LogP contribution is 2.22. The SMILES string of the molecule is NC(=O)C(O)C(Cc1ccccc1)NC(=O)c1nc(NS(=O)(=O)c2ccc3ccccc3c2)ncc1Cl. The summed E-state index contributed by atoms with van der Waals surface area (Å²) in [6.45, 7) is 0. The van der Waals surface area contributed by atoms with Crippen LogP contribution < -0.4 is 15.8 Å². The fourth-order valence-electron chi connectivity index (χ4n) is 3.63. The van der Waals surface area contributed by atoms with Crippen molar-refractivity contribution in [1.29, 1.82) is 0 Å². The number of sulfonamides is 1. The van der Waals surface area contributed by atoms with E-state index in [1.807, 2.05) is 12.1 Å². The fourth-order valence-corrected chi connectivity index (χ4v) is 4.80. The molecular weight excluding hydrogens is 518 g/mol. The van der Waals surface area contributed by atoms with Crippen molar-refractivity contribution >= 4 is 50.2 Å². The van der Waals surface area contributed by atoms with Crippen LogP contribution in [0.5, 0.6) is 0 Å². The molecule has 3 aromatic carbocycles. The second-order valence-electron chi connectivity index (χ2n) is 8.12. The highest BCUT2D eigenvalue weighted by atomic mass is 35.5. The molecule has 0 saturated heterocycles. The van der Waals surface area contributed by atoms with Crippen molar-refractivity contribution in [2.24, 2.45) is 5.73 Å². The highest BCUT2D eigenvalue weighted by molar-refractivity contribution is 7.92. The van der Waals surface area contributed by atoms with Gasteiger partial charge in [-0.2, -0.15) is 0 Å². The third-order valence-corrected chi connectivity index (χ3v) is 7.11. The van der Waals surface area contributed by atoms with Gasteiger partial charge in [0.1, 0.15) is 0 Å². The minimum Gasteiger partial charge on any atom is -0.381 e. The Bertz CT molecular complexity index is 1570. The normalized spacial score (nSPS) is 13.0. The summed E-state index contributed by atoms with van der Waals surface area (Å²) in [4.78, 5) is 32.4. The summed E-state index contributed by atoms with van der Waals surface area (Å²) in [5.41, 5.74) is 5.62. The zero-order valence-corrected chi connectivity index (χ0v) is 20.8. The van der Waals surface area contributed by atoms with E-state index in [2.05, 4.69) is 20.0 Å². The van der Waals surface area contributed by atoms with Gasteiger partial charge >= 0.3 is 0 Å². The van der Waals surface area contributed by atoms with Gasteiger partial charge in [0.15, 0.2) is 11.8 Å². The second-order valence-corrected chi connectivity index (χ2v) is 10.2. The molecule has 4 aromatic rings. The molecule has 1 heterocycles. The summed E-state index contributed by atoms with van der Waals surface area (Å²) in [6, 6.07) is 19.6. The molecule has 0 spiro atoms. The van der Waals surface area contributed by atoms with Crippen molar-refractivity contribution in [2.45, 2.75) is 23.5 Å². The molecule has 5 N–H and O–H groups in total. The molecule has 2 atom stereocenters. The van der Waals surface area contributed by atoms with Gasteiger partial charge in [0.25, 0.3) is 15.9 Å². The molecule has 0 aliphatic carbocycles. The third kappa shape index (κ3) is 6.20. The highest BCUT2D eigenvalue weighted by Gasteiger charge is 2.28. The molecule has 0 aliphatic heterocycles. The lowest BCUT2D eigenvalue weighted by Crippen LogP contribution is -2.50. The molecule has 12 heteroatoms. The maximum Gasteiger partial charge on any atom is 0.271 e. The van der Waals surface area contributed by atoms with Gasteiger partial charge in [0.05, 0.1) is 22.2 Å². The van der Waals surface area contributed by atoms with Crippen LogP contribution in [-0.4, -0.2) is 47.5 Å². The average Bonchev–Trinajstić information content (AvgIpc) is 2.89. The van der Waals surface area contributed by atoms with Gasteiger partial charge in [-0.1, -0.05) is 72.3 Å². The smallest absolute Gasteiger partial charge is 0.271 e. The van der Waals surface area contributed by atoms with Crippen LogP contribution in [-0.2, 0) is 21.2 Å². The van der Waals surface area contributed by atoms with Crippen molar-refractivity contribution in [3.05, 3.63) is 95.3 Å². The standard InChI is InChI=1S/C25H22ClN5O5S/c26-19-14-28-25(31-37(35,36)18-11-10-16-8-4-5-9-17(16)13-18)30-21(19)24(34)29-20(22(32)23(27)33)12-15-6-2-1-3-7-15/h1-11,13-14,20,22,32H,12H2,(H2,27,33)(H,29,34)(H,28,30,31). The number of primary amides is 1. The minimum atomic E-state index is -4.10. The number of aliphatic hydroxyl groups excluding tert-OH is 1. The predicted octanol–water partition coefficient (Wildman–Crippen LogP) is 2.27. The molecule has 0 fully saturated rings. The summed E-state index contributed by atoms with van der Waals surface area (Å²) < 4.78 is 28.1. The lowest BCUT2D eigenvalue weighted by Gasteiger charge is -2.22. The molecule has 37 heavy (non-hydrogen) atoms. The van der Waals surface area contributed by atoms with E-state index < -0.39 is 39.9 Å². The first kappa shape index (κ1) is 26.0. The number of halogens is 1. The summed E-state index contributed by atoms with van der Waals surface area (Å²) in [6.07, 6.45) is -0.546. The number of hydrogen-bond donors (Lipinski definition) is 4. The average molecular weight is 540 g/mol. The van der Waals surface area contributed by atoms with Gasteiger partial charge in [-0.15, -0.1) is 0 Å². The van der Waals surface area contributed by atoms with Crippen LogP contribution in [0.15, 0.2) is 83.9 Å². The molecule has 2 unspecified atom stereocenters. The van der Waals surface area contributed by atoms with E-state index in [1.165, 1.54) is 12.1 Å². The van der Waals surface area contributed by atoms with Crippen LogP contribution in [0.1, 0.15) is 16.1 Å². The van der Waals surface area contributed by atoms with Gasteiger partial charge in [0, 0.05) is 0 Å². The molecule has 10 nitrogen and oxygen atoms in total. The molecule has 0 radical (unpaired) electrons. The van der Waals surface area contributed by atoms with E-state index in [-0.39, 0.29) is 22.0 Å². The molecule has 4 rings (SSSR count). The lowest BCUT2D eigenvalue weighted by atomic mass is 10.0. The van der Waals surface area contributed by atoms with E-state index in [0.29, 0.717) is 0 Å². The number of benzene rings is 3. The maximum atomic E-state index is 13.0. The first-order valence-corrected chi connectivity index (χ1v) is 12.9. The van der Waals surface area contributed by atoms with Crippen molar-refractivity contribution in [1.82, 2.24) is 15.3 Å². The maximum absolute atomic E-state index is 13.0. The number of anilines is 1. The Hall–Kier alpha value is -4.06. The van der Waals surface area contributed by atoms with Gasteiger partial charge in [-0.25, -0.2) is 23.1 Å². The summed E-state index contributed by atoms with van der Waals surface area (Å²) in [5, 5.41) is 14.2. The first-order valence-electron chi connectivity index (χ1n) is 11.0. The number of rotatable bonds is 9. The number of aromatic nitrogens is 2. The Kier molecular flexibility index (Phi) is 7.67. The van der Waals surface area contributed by atoms with Crippen molar-refractivity contribution in [3.8, 4) is 0 Å². The predicted molar refractivity (Wildman–Crippen MR) is 138 cm³/mol. The van der Waals surface area contributed by atoms with Crippen LogP contribution in [0, 0.1) is 0 Å². The van der Waals surface area contributed by atoms with Crippen LogP contribution in [0.2, 0.25) is 5.02 Å². The fraction of sp³-hybridized carbons (Fsp3) is 0.120. The monoisotopic (exact) mass is 539 g/mol. The summed E-state index contributed by atoms with van der Waals surface area (Å²) in [7, 11) is -4.10. The molecule has 2 amide bonds. The molecule has 0 bridgehead atoms. The molecule has 0 saturated carbocycles. The Morgan fingerprint density at radius 3 is 2.38 bits per heavy atom. The van der Waals surface area contributed by atoms with Crippen molar-refractivity contribution in [2.75, 3.05) is 4.72 Å².